The maximum absolute atomic E-state index is 13.9. The Morgan fingerprint density at radius 2 is 2.17 bits per heavy atom. The van der Waals surface area contributed by atoms with E-state index >= 15 is 0 Å². The molecule has 1 unspecified atom stereocenters. The number of hydrogen-bond acceptors (Lipinski definition) is 6. The molecule has 0 aromatic heterocycles. The summed E-state index contributed by atoms with van der Waals surface area (Å²) in [6.07, 6.45) is 1.73. The second-order valence-corrected chi connectivity index (χ2v) is 5.92. The Balaban J connectivity index is 1.82. The summed E-state index contributed by atoms with van der Waals surface area (Å²) in [5.41, 5.74) is 11.0. The average molecular weight is 322 g/mol. The Labute approximate surface area is 133 Å². The van der Waals surface area contributed by atoms with Gasteiger partial charge in [0.15, 0.2) is 17.6 Å². The van der Waals surface area contributed by atoms with Gasteiger partial charge in [-0.15, -0.1) is 0 Å². The van der Waals surface area contributed by atoms with Gasteiger partial charge in [-0.3, -0.25) is 0 Å². The first-order valence-corrected chi connectivity index (χ1v) is 7.39. The lowest BCUT2D eigenvalue weighted by atomic mass is 9.98. The Morgan fingerprint density at radius 1 is 1.43 bits per heavy atom. The van der Waals surface area contributed by atoms with Gasteiger partial charge in [0, 0.05) is 25.6 Å². The van der Waals surface area contributed by atoms with Gasteiger partial charge in [0.25, 0.3) is 0 Å². The molecule has 2 heterocycles. The Bertz CT molecular complexity index is 668. The average Bonchev–Trinajstić information content (AvgIpc) is 2.41. The minimum absolute atomic E-state index is 0.0196. The second-order valence-electron chi connectivity index (χ2n) is 5.92. The molecule has 3 rings (SSSR count). The molecule has 6 N–H and O–H groups in total. The van der Waals surface area contributed by atoms with Crippen LogP contribution in [-0.4, -0.2) is 42.7 Å². The Morgan fingerprint density at radius 3 is 2.87 bits per heavy atom. The lowest BCUT2D eigenvalue weighted by Crippen LogP contribution is -2.60. The van der Waals surface area contributed by atoms with E-state index in [0.29, 0.717) is 6.04 Å². The summed E-state index contributed by atoms with van der Waals surface area (Å²) in [6.45, 7) is 1.63. The van der Waals surface area contributed by atoms with Crippen molar-refractivity contribution in [3.8, 4) is 0 Å². The highest BCUT2D eigenvalue weighted by Gasteiger charge is 2.34. The first-order chi connectivity index (χ1) is 10.9. The molecule has 1 fully saturated rings. The smallest absolute Gasteiger partial charge is 0.196 e. The third-order valence-corrected chi connectivity index (χ3v) is 4.11. The van der Waals surface area contributed by atoms with E-state index in [2.05, 4.69) is 20.5 Å². The minimum atomic E-state index is -1.22. The van der Waals surface area contributed by atoms with Crippen LogP contribution in [0.2, 0.25) is 0 Å². The largest absolute Gasteiger partial charge is 0.370 e. The quantitative estimate of drug-likeness (QED) is 0.618. The fourth-order valence-corrected chi connectivity index (χ4v) is 2.80. The van der Waals surface area contributed by atoms with Crippen LogP contribution in [0, 0.1) is 11.6 Å². The van der Waals surface area contributed by atoms with Gasteiger partial charge in [0.1, 0.15) is 11.5 Å². The molecular weight excluding hydrogens is 302 g/mol. The van der Waals surface area contributed by atoms with Crippen molar-refractivity contribution in [1.29, 1.82) is 0 Å². The van der Waals surface area contributed by atoms with Crippen molar-refractivity contribution in [2.45, 2.75) is 18.1 Å². The molecule has 0 amide bonds. The highest BCUT2D eigenvalue weighted by atomic mass is 19.2. The summed E-state index contributed by atoms with van der Waals surface area (Å²) in [4.78, 5) is 6.23. The molecule has 0 bridgehead atoms. The first-order valence-electron chi connectivity index (χ1n) is 7.39. The predicted octanol–water partition coefficient (Wildman–Crippen LogP) is -0.175. The van der Waals surface area contributed by atoms with Crippen molar-refractivity contribution >= 4 is 5.96 Å². The van der Waals surface area contributed by atoms with Crippen molar-refractivity contribution in [1.82, 2.24) is 15.5 Å². The Hall–Kier alpha value is -2.19. The Kier molecular flexibility index (Phi) is 3.95. The molecule has 0 radical (unpaired) electrons. The van der Waals surface area contributed by atoms with Gasteiger partial charge in [-0.1, -0.05) is 12.1 Å². The maximum atomic E-state index is 13.9. The molecule has 23 heavy (non-hydrogen) atoms. The molecule has 6 nitrogen and oxygen atoms in total. The van der Waals surface area contributed by atoms with Gasteiger partial charge in [-0.25, -0.2) is 13.8 Å². The van der Waals surface area contributed by atoms with E-state index in [9.17, 15) is 8.78 Å². The number of hydrogen-bond donors (Lipinski definition) is 4. The molecule has 0 aliphatic carbocycles. The van der Waals surface area contributed by atoms with E-state index in [1.54, 1.807) is 6.08 Å². The number of nitrogens with two attached hydrogens (primary N) is 2. The van der Waals surface area contributed by atoms with Gasteiger partial charge in [-0.05, 0) is 24.8 Å². The molecule has 8 heteroatoms. The van der Waals surface area contributed by atoms with Crippen LogP contribution >= 0.6 is 0 Å². The lowest BCUT2D eigenvalue weighted by Gasteiger charge is -2.44. The summed E-state index contributed by atoms with van der Waals surface area (Å²) in [5.74, 6) is -0.905. The molecule has 0 spiro atoms. The van der Waals surface area contributed by atoms with Crippen LogP contribution in [0.4, 0.5) is 8.78 Å². The molecule has 0 saturated carbocycles. The monoisotopic (exact) mass is 322 g/mol. The standard InChI is InChI=1S/C15H20F2N6/c1-20-10-7-23(8-10)12-6-15(19,22-14(18)21-12)5-9-3-2-4-11(16)13(9)17/h2-4,6,10,20H,5,7-8,19H2,1H3,(H3,18,21,22). The number of guanidine groups is 1. The van der Waals surface area contributed by atoms with Gasteiger partial charge in [0.05, 0.1) is 0 Å². The number of rotatable bonds is 4. The highest BCUT2D eigenvalue weighted by Crippen LogP contribution is 2.24. The van der Waals surface area contributed by atoms with Gasteiger partial charge in [-0.2, -0.15) is 0 Å². The van der Waals surface area contributed by atoms with Crippen LogP contribution in [0.15, 0.2) is 35.1 Å². The number of nitrogens with zero attached hydrogens (tertiary/aromatic N) is 2. The van der Waals surface area contributed by atoms with Crippen molar-refractivity contribution in [3.05, 3.63) is 47.3 Å². The predicted molar refractivity (Wildman–Crippen MR) is 84.2 cm³/mol. The molecule has 1 aromatic carbocycles. The van der Waals surface area contributed by atoms with Gasteiger partial charge >= 0.3 is 0 Å². The minimum Gasteiger partial charge on any atom is -0.370 e. The number of likely N-dealkylation sites (N-methyl/N-ethyl adjacent to an activating group) is 1. The van der Waals surface area contributed by atoms with Crippen molar-refractivity contribution in [3.63, 3.8) is 0 Å². The van der Waals surface area contributed by atoms with Crippen LogP contribution < -0.4 is 22.1 Å². The zero-order valence-electron chi connectivity index (χ0n) is 12.8. The SMILES string of the molecule is CNC1CN(C2=CC(N)(Cc3cccc(F)c3F)N=C(N)N2)C1. The van der Waals surface area contributed by atoms with E-state index in [1.165, 1.54) is 12.1 Å². The molecule has 124 valence electrons. The van der Waals surface area contributed by atoms with Crippen molar-refractivity contribution < 1.29 is 8.78 Å². The van der Waals surface area contributed by atoms with Gasteiger partial charge < -0.3 is 27.0 Å². The highest BCUT2D eigenvalue weighted by molar-refractivity contribution is 5.81. The fraction of sp³-hybridized carbons (Fsp3) is 0.400. The lowest BCUT2D eigenvalue weighted by molar-refractivity contribution is 0.167. The van der Waals surface area contributed by atoms with E-state index in [-0.39, 0.29) is 17.9 Å². The summed E-state index contributed by atoms with van der Waals surface area (Å²) >= 11 is 0. The van der Waals surface area contributed by atoms with Crippen LogP contribution in [0.5, 0.6) is 0 Å². The number of nitrogens with one attached hydrogen (secondary N) is 2. The summed E-state index contributed by atoms with van der Waals surface area (Å²) in [5, 5.41) is 6.14. The molecule has 1 atom stereocenters. The molecule has 2 aliphatic heterocycles. The summed E-state index contributed by atoms with van der Waals surface area (Å²) in [6, 6.07) is 4.42. The van der Waals surface area contributed by atoms with E-state index in [4.69, 9.17) is 11.5 Å². The normalized spacial score (nSPS) is 24.6. The number of benzene rings is 1. The third kappa shape index (κ3) is 3.13. The third-order valence-electron chi connectivity index (χ3n) is 4.11. The number of likely N-dealkylation sites (tertiary alicyclic amines) is 1. The second kappa shape index (κ2) is 5.78. The molecule has 1 aromatic rings. The first kappa shape index (κ1) is 15.7. The van der Waals surface area contributed by atoms with E-state index in [1.807, 2.05) is 7.05 Å². The van der Waals surface area contributed by atoms with Gasteiger partial charge in [0.2, 0.25) is 0 Å². The van der Waals surface area contributed by atoms with Crippen molar-refractivity contribution in [2.24, 2.45) is 16.5 Å². The van der Waals surface area contributed by atoms with Crippen LogP contribution in [0.3, 0.4) is 0 Å². The molecule has 2 aliphatic rings. The van der Waals surface area contributed by atoms with E-state index in [0.717, 1.165) is 25.0 Å². The van der Waals surface area contributed by atoms with E-state index < -0.39 is 17.3 Å². The van der Waals surface area contributed by atoms with Crippen molar-refractivity contribution in [2.75, 3.05) is 20.1 Å². The topological polar surface area (TPSA) is 91.7 Å². The zero-order chi connectivity index (χ0) is 16.6. The summed E-state index contributed by atoms with van der Waals surface area (Å²) in [7, 11) is 1.90. The number of halogens is 2. The maximum Gasteiger partial charge on any atom is 0.196 e. The molecule has 1 saturated heterocycles. The van der Waals surface area contributed by atoms with Crippen LogP contribution in [-0.2, 0) is 6.42 Å². The number of aliphatic imine (C=N–C) groups is 1. The summed E-state index contributed by atoms with van der Waals surface area (Å²) < 4.78 is 27.3. The zero-order valence-corrected chi connectivity index (χ0v) is 12.8. The fourth-order valence-electron chi connectivity index (χ4n) is 2.80. The van der Waals surface area contributed by atoms with Crippen LogP contribution in [0.1, 0.15) is 5.56 Å². The molecular formula is C15H20F2N6. The van der Waals surface area contributed by atoms with Crippen LogP contribution in [0.25, 0.3) is 0 Å².